The van der Waals surface area contributed by atoms with Crippen LogP contribution in [0.3, 0.4) is 0 Å². The number of nitrogens with one attached hydrogen (secondary N) is 1. The van der Waals surface area contributed by atoms with Crippen molar-refractivity contribution in [2.24, 2.45) is 0 Å². The summed E-state index contributed by atoms with van der Waals surface area (Å²) in [6.45, 7) is 3.26. The van der Waals surface area contributed by atoms with Crippen molar-refractivity contribution in [2.75, 3.05) is 4.72 Å². The molecule has 2 aromatic rings. The Morgan fingerprint density at radius 1 is 1.10 bits per heavy atom. The van der Waals surface area contributed by atoms with Gasteiger partial charge in [0.2, 0.25) is 0 Å². The van der Waals surface area contributed by atoms with Gasteiger partial charge in [0.25, 0.3) is 10.0 Å². The van der Waals surface area contributed by atoms with Crippen molar-refractivity contribution >= 4 is 15.7 Å². The lowest BCUT2D eigenvalue weighted by Crippen LogP contribution is -2.13. The lowest BCUT2D eigenvalue weighted by atomic mass is 10.1. The number of benzene rings is 2. The molecule has 0 heterocycles. The summed E-state index contributed by atoms with van der Waals surface area (Å²) in [6.07, 6.45) is 0. The molecule has 4 nitrogen and oxygen atoms in total. The molecule has 2 aromatic carbocycles. The third kappa shape index (κ3) is 3.40. The minimum atomic E-state index is -3.82. The summed E-state index contributed by atoms with van der Waals surface area (Å²) in [5.41, 5.74) is 2.40. The predicted octanol–water partition coefficient (Wildman–Crippen LogP) is 2.74. The van der Waals surface area contributed by atoms with E-state index in [1.807, 2.05) is 19.9 Å². The van der Waals surface area contributed by atoms with E-state index >= 15 is 0 Å². The van der Waals surface area contributed by atoms with Crippen molar-refractivity contribution in [1.29, 1.82) is 0 Å². The normalized spacial score (nSPS) is 11.4. The second-order valence-corrected chi connectivity index (χ2v) is 6.50. The Labute approximate surface area is 123 Å². The third-order valence-corrected chi connectivity index (χ3v) is 4.64. The van der Waals surface area contributed by atoms with Crippen molar-refractivity contribution in [1.82, 2.24) is 0 Å². The molecule has 0 amide bonds. The highest BCUT2D eigenvalue weighted by Gasteiger charge is 2.16. The molecule has 0 aliphatic carbocycles. The highest BCUT2D eigenvalue weighted by atomic mass is 32.2. The molecular weight excluding hydrogens is 293 g/mol. The average Bonchev–Trinajstić information content (AvgIpc) is 2.43. The quantitative estimate of drug-likeness (QED) is 0.912. The second-order valence-electron chi connectivity index (χ2n) is 4.82. The van der Waals surface area contributed by atoms with Gasteiger partial charge in [-0.15, -0.1) is 0 Å². The number of rotatable bonds is 4. The van der Waals surface area contributed by atoms with Crippen LogP contribution in [-0.2, 0) is 16.6 Å². The summed E-state index contributed by atoms with van der Waals surface area (Å²) in [4.78, 5) is -0.0915. The standard InChI is InChI=1S/C15H16FNO3S/c1-10-3-4-13(7-11(10)2)17-21(19,20)14-5-6-15(16)12(8-14)9-18/h3-8,17-18H,9H2,1-2H3. The van der Waals surface area contributed by atoms with Gasteiger partial charge in [0, 0.05) is 11.3 Å². The largest absolute Gasteiger partial charge is 0.392 e. The number of sulfonamides is 1. The molecule has 6 heteroatoms. The fourth-order valence-electron chi connectivity index (χ4n) is 1.86. The molecule has 112 valence electrons. The van der Waals surface area contributed by atoms with Crippen LogP contribution in [-0.4, -0.2) is 13.5 Å². The van der Waals surface area contributed by atoms with Crippen LogP contribution in [0.15, 0.2) is 41.3 Å². The van der Waals surface area contributed by atoms with Crippen molar-refractivity contribution in [3.05, 3.63) is 58.9 Å². The summed E-state index contributed by atoms with van der Waals surface area (Å²) >= 11 is 0. The van der Waals surface area contributed by atoms with E-state index in [1.165, 1.54) is 0 Å². The Morgan fingerprint density at radius 2 is 1.81 bits per heavy atom. The maximum absolute atomic E-state index is 13.3. The van der Waals surface area contributed by atoms with Gasteiger partial charge < -0.3 is 5.11 Å². The van der Waals surface area contributed by atoms with Gasteiger partial charge in [0.05, 0.1) is 11.5 Å². The van der Waals surface area contributed by atoms with Crippen LogP contribution in [0.5, 0.6) is 0 Å². The number of halogens is 1. The molecule has 0 saturated carbocycles. The average molecular weight is 309 g/mol. The number of aryl methyl sites for hydroxylation is 2. The van der Waals surface area contributed by atoms with Crippen molar-refractivity contribution in [3.63, 3.8) is 0 Å². The van der Waals surface area contributed by atoms with Crippen LogP contribution in [0.2, 0.25) is 0 Å². The fraction of sp³-hybridized carbons (Fsp3) is 0.200. The van der Waals surface area contributed by atoms with E-state index in [1.54, 1.807) is 12.1 Å². The zero-order chi connectivity index (χ0) is 15.6. The van der Waals surface area contributed by atoms with Gasteiger partial charge >= 0.3 is 0 Å². The molecule has 0 spiro atoms. The van der Waals surface area contributed by atoms with E-state index in [0.29, 0.717) is 5.69 Å². The monoisotopic (exact) mass is 309 g/mol. The summed E-state index contributed by atoms with van der Waals surface area (Å²) in [5, 5.41) is 9.01. The van der Waals surface area contributed by atoms with Gasteiger partial charge in [-0.05, 0) is 55.3 Å². The zero-order valence-electron chi connectivity index (χ0n) is 11.7. The SMILES string of the molecule is Cc1ccc(NS(=O)(=O)c2ccc(F)c(CO)c2)cc1C. The molecule has 0 saturated heterocycles. The molecule has 0 aromatic heterocycles. The molecule has 2 rings (SSSR count). The van der Waals surface area contributed by atoms with Crippen LogP contribution in [0.4, 0.5) is 10.1 Å². The molecule has 0 fully saturated rings. The summed E-state index contributed by atoms with van der Waals surface area (Å²) in [5.74, 6) is -0.636. The third-order valence-electron chi connectivity index (χ3n) is 3.26. The molecule has 0 atom stereocenters. The molecule has 0 bridgehead atoms. The minimum absolute atomic E-state index is 0.0574. The Balaban J connectivity index is 2.35. The second kappa shape index (κ2) is 5.83. The van der Waals surface area contributed by atoms with Crippen LogP contribution in [0.1, 0.15) is 16.7 Å². The van der Waals surface area contributed by atoms with E-state index in [9.17, 15) is 12.8 Å². The first kappa shape index (κ1) is 15.5. The van der Waals surface area contributed by atoms with E-state index < -0.39 is 22.4 Å². The molecular formula is C15H16FNO3S. The molecule has 0 aliphatic heterocycles. The van der Waals surface area contributed by atoms with Crippen LogP contribution in [0.25, 0.3) is 0 Å². The van der Waals surface area contributed by atoms with Gasteiger partial charge in [-0.1, -0.05) is 6.07 Å². The van der Waals surface area contributed by atoms with Crippen molar-refractivity contribution in [3.8, 4) is 0 Å². The Kier molecular flexibility index (Phi) is 4.29. The number of hydrogen-bond donors (Lipinski definition) is 2. The number of aliphatic hydroxyl groups excluding tert-OH is 1. The summed E-state index contributed by atoms with van der Waals surface area (Å²) in [7, 11) is -3.82. The Bertz CT molecular complexity index is 772. The molecule has 0 unspecified atom stereocenters. The number of anilines is 1. The maximum Gasteiger partial charge on any atom is 0.261 e. The topological polar surface area (TPSA) is 66.4 Å². The first-order chi connectivity index (χ1) is 9.83. The van der Waals surface area contributed by atoms with Crippen molar-refractivity contribution < 1.29 is 17.9 Å². The van der Waals surface area contributed by atoms with Crippen LogP contribution in [0, 0.1) is 19.7 Å². The minimum Gasteiger partial charge on any atom is -0.392 e. The van der Waals surface area contributed by atoms with E-state index in [4.69, 9.17) is 5.11 Å². The number of hydrogen-bond acceptors (Lipinski definition) is 3. The Morgan fingerprint density at radius 3 is 2.43 bits per heavy atom. The van der Waals surface area contributed by atoms with Crippen molar-refractivity contribution in [2.45, 2.75) is 25.3 Å². The van der Waals surface area contributed by atoms with Gasteiger partial charge in [-0.25, -0.2) is 12.8 Å². The molecule has 21 heavy (non-hydrogen) atoms. The summed E-state index contributed by atoms with van der Waals surface area (Å²) < 4.78 is 40.3. The van der Waals surface area contributed by atoms with Gasteiger partial charge in [0.15, 0.2) is 0 Å². The van der Waals surface area contributed by atoms with Gasteiger partial charge in [-0.2, -0.15) is 0 Å². The predicted molar refractivity (Wildman–Crippen MR) is 79.0 cm³/mol. The van der Waals surface area contributed by atoms with Crippen LogP contribution < -0.4 is 4.72 Å². The fourth-order valence-corrected chi connectivity index (χ4v) is 2.96. The zero-order valence-corrected chi connectivity index (χ0v) is 12.5. The first-order valence-corrected chi connectivity index (χ1v) is 7.81. The lowest BCUT2D eigenvalue weighted by Gasteiger charge is -2.11. The molecule has 0 aliphatic rings. The maximum atomic E-state index is 13.3. The molecule has 2 N–H and O–H groups in total. The van der Waals surface area contributed by atoms with E-state index in [-0.39, 0.29) is 10.5 Å². The van der Waals surface area contributed by atoms with Crippen LogP contribution >= 0.6 is 0 Å². The number of aliphatic hydroxyl groups is 1. The van der Waals surface area contributed by atoms with Gasteiger partial charge in [-0.3, -0.25) is 4.72 Å². The van der Waals surface area contributed by atoms with E-state index in [0.717, 1.165) is 29.3 Å². The van der Waals surface area contributed by atoms with Gasteiger partial charge in [0.1, 0.15) is 5.82 Å². The summed E-state index contributed by atoms with van der Waals surface area (Å²) in [6, 6.07) is 8.52. The highest BCUT2D eigenvalue weighted by Crippen LogP contribution is 2.20. The first-order valence-electron chi connectivity index (χ1n) is 6.33. The highest BCUT2D eigenvalue weighted by molar-refractivity contribution is 7.92. The smallest absolute Gasteiger partial charge is 0.261 e. The molecule has 0 radical (unpaired) electrons. The Hall–Kier alpha value is -1.92. The van der Waals surface area contributed by atoms with E-state index in [2.05, 4.69) is 4.72 Å². The lowest BCUT2D eigenvalue weighted by molar-refractivity contribution is 0.275.